The molecule has 0 saturated carbocycles. The molecule has 1 aliphatic heterocycles. The molecule has 25 heavy (non-hydrogen) atoms. The van der Waals surface area contributed by atoms with E-state index in [0.29, 0.717) is 61.9 Å². The van der Waals surface area contributed by atoms with Gasteiger partial charge >= 0.3 is 0 Å². The number of amides is 1. The Labute approximate surface area is 145 Å². The van der Waals surface area contributed by atoms with Gasteiger partial charge in [-0.05, 0) is 19.8 Å². The molecule has 2 aromatic heterocycles. The van der Waals surface area contributed by atoms with Gasteiger partial charge in [-0.3, -0.25) is 9.59 Å². The Morgan fingerprint density at radius 1 is 1.48 bits per heavy atom. The maximum Gasteiger partial charge on any atom is 0.259 e. The molecule has 8 heteroatoms. The van der Waals surface area contributed by atoms with Crippen LogP contribution in [-0.2, 0) is 17.6 Å². The van der Waals surface area contributed by atoms with Crippen LogP contribution in [0.4, 0.5) is 0 Å². The highest BCUT2D eigenvalue weighted by Gasteiger charge is 2.28. The maximum absolute atomic E-state index is 13.0. The quantitative estimate of drug-likeness (QED) is 0.885. The molecule has 8 nitrogen and oxygen atoms in total. The monoisotopic (exact) mass is 346 g/mol. The van der Waals surface area contributed by atoms with E-state index in [4.69, 9.17) is 9.26 Å². The lowest BCUT2D eigenvalue weighted by Crippen LogP contribution is -2.37. The van der Waals surface area contributed by atoms with Crippen LogP contribution >= 0.6 is 0 Å². The average molecular weight is 346 g/mol. The largest absolute Gasteiger partial charge is 0.379 e. The zero-order valence-electron chi connectivity index (χ0n) is 14.4. The Morgan fingerprint density at radius 3 is 3.08 bits per heavy atom. The molecule has 0 unspecified atom stereocenters. The van der Waals surface area contributed by atoms with E-state index >= 15 is 0 Å². The van der Waals surface area contributed by atoms with Gasteiger partial charge in [0.1, 0.15) is 11.3 Å². The molecule has 1 atom stereocenters. The first-order chi connectivity index (χ1) is 12.1. The van der Waals surface area contributed by atoms with Crippen LogP contribution in [0.15, 0.2) is 21.7 Å². The summed E-state index contributed by atoms with van der Waals surface area (Å²) < 4.78 is 10.8. The first-order valence-electron chi connectivity index (χ1n) is 8.44. The number of rotatable bonds is 4. The van der Waals surface area contributed by atoms with Crippen LogP contribution in [0.1, 0.15) is 34.4 Å². The summed E-state index contributed by atoms with van der Waals surface area (Å²) >= 11 is 0. The lowest BCUT2D eigenvalue weighted by Gasteiger charge is -2.23. The summed E-state index contributed by atoms with van der Waals surface area (Å²) in [5, 5.41) is 3.97. The molecular formula is C17H22N4O4. The van der Waals surface area contributed by atoms with Crippen LogP contribution in [0.3, 0.4) is 0 Å². The van der Waals surface area contributed by atoms with Gasteiger partial charge in [0.2, 0.25) is 0 Å². The number of nitrogens with zero attached hydrogens (tertiary/aromatic N) is 3. The number of hydrogen-bond acceptors (Lipinski definition) is 6. The molecule has 1 amide bonds. The van der Waals surface area contributed by atoms with Gasteiger partial charge in [-0.15, -0.1) is 0 Å². The van der Waals surface area contributed by atoms with Crippen molar-refractivity contribution >= 4 is 5.91 Å². The van der Waals surface area contributed by atoms with E-state index in [1.807, 2.05) is 6.92 Å². The number of carbonyl (C=O) groups excluding carboxylic acids is 1. The van der Waals surface area contributed by atoms with E-state index in [1.54, 1.807) is 11.8 Å². The van der Waals surface area contributed by atoms with Gasteiger partial charge in [0.15, 0.2) is 0 Å². The van der Waals surface area contributed by atoms with E-state index in [9.17, 15) is 9.59 Å². The molecule has 1 saturated heterocycles. The number of carbonyl (C=O) groups is 1. The van der Waals surface area contributed by atoms with Crippen LogP contribution in [0, 0.1) is 12.8 Å². The van der Waals surface area contributed by atoms with Crippen molar-refractivity contribution in [1.29, 1.82) is 0 Å². The summed E-state index contributed by atoms with van der Waals surface area (Å²) in [7, 11) is 0. The van der Waals surface area contributed by atoms with E-state index in [0.717, 1.165) is 0 Å². The average Bonchev–Trinajstić information content (AvgIpc) is 2.81. The van der Waals surface area contributed by atoms with Crippen molar-refractivity contribution in [2.75, 3.05) is 26.3 Å². The van der Waals surface area contributed by atoms with Crippen molar-refractivity contribution in [3.05, 3.63) is 45.5 Å². The number of aromatic amines is 1. The van der Waals surface area contributed by atoms with Crippen LogP contribution in [-0.4, -0.2) is 52.2 Å². The summed E-state index contributed by atoms with van der Waals surface area (Å²) in [5.74, 6) is 0.538. The molecule has 0 bridgehead atoms. The van der Waals surface area contributed by atoms with E-state index in [2.05, 4.69) is 15.1 Å². The molecule has 1 fully saturated rings. The summed E-state index contributed by atoms with van der Waals surface area (Å²) in [6.07, 6.45) is 2.62. The molecular weight excluding hydrogens is 324 g/mol. The SMILES string of the molecule is CCc1noc(C)c1C(=O)N1CCOC[C@H](Cc2cc(=O)[nH]cn2)C1. The van der Waals surface area contributed by atoms with Gasteiger partial charge in [0.05, 0.1) is 25.2 Å². The molecule has 3 rings (SSSR count). The van der Waals surface area contributed by atoms with E-state index in [1.165, 1.54) is 12.4 Å². The van der Waals surface area contributed by atoms with Gasteiger partial charge in [0.25, 0.3) is 11.5 Å². The van der Waals surface area contributed by atoms with Crippen molar-refractivity contribution in [3.8, 4) is 0 Å². The van der Waals surface area contributed by atoms with Crippen molar-refractivity contribution in [2.45, 2.75) is 26.7 Å². The molecule has 2 aromatic rings. The summed E-state index contributed by atoms with van der Waals surface area (Å²) in [6, 6.07) is 1.48. The van der Waals surface area contributed by atoms with Gasteiger partial charge in [-0.2, -0.15) is 0 Å². The predicted molar refractivity (Wildman–Crippen MR) is 89.4 cm³/mol. The smallest absolute Gasteiger partial charge is 0.259 e. The van der Waals surface area contributed by atoms with Gasteiger partial charge < -0.3 is 19.1 Å². The number of ether oxygens (including phenoxy) is 1. The Kier molecular flexibility index (Phi) is 5.28. The Balaban J connectivity index is 1.76. The van der Waals surface area contributed by atoms with Crippen molar-refractivity contribution in [2.24, 2.45) is 5.92 Å². The third kappa shape index (κ3) is 3.96. The van der Waals surface area contributed by atoms with Gasteiger partial charge in [-0.1, -0.05) is 12.1 Å². The summed E-state index contributed by atoms with van der Waals surface area (Å²) in [4.78, 5) is 32.9. The predicted octanol–water partition coefficient (Wildman–Crippen LogP) is 0.960. The third-order valence-corrected chi connectivity index (χ3v) is 4.34. The highest BCUT2D eigenvalue weighted by Crippen LogP contribution is 2.19. The molecule has 3 heterocycles. The number of aryl methyl sites for hydroxylation is 2. The third-order valence-electron chi connectivity index (χ3n) is 4.34. The maximum atomic E-state index is 13.0. The minimum Gasteiger partial charge on any atom is -0.379 e. The fourth-order valence-electron chi connectivity index (χ4n) is 3.10. The summed E-state index contributed by atoms with van der Waals surface area (Å²) in [5.41, 5.74) is 1.75. The molecule has 1 aliphatic rings. The number of aromatic nitrogens is 3. The molecule has 1 N–H and O–H groups in total. The second kappa shape index (κ2) is 7.60. The van der Waals surface area contributed by atoms with Crippen molar-refractivity contribution < 1.29 is 14.1 Å². The molecule has 0 aliphatic carbocycles. The minimum absolute atomic E-state index is 0.0750. The second-order valence-corrected chi connectivity index (χ2v) is 6.21. The van der Waals surface area contributed by atoms with Gasteiger partial charge in [-0.25, -0.2) is 4.98 Å². The van der Waals surface area contributed by atoms with Crippen LogP contribution < -0.4 is 5.56 Å². The van der Waals surface area contributed by atoms with Crippen LogP contribution in [0.2, 0.25) is 0 Å². The zero-order valence-corrected chi connectivity index (χ0v) is 14.4. The Morgan fingerprint density at radius 2 is 2.32 bits per heavy atom. The summed E-state index contributed by atoms with van der Waals surface area (Å²) in [6.45, 7) is 5.78. The fraction of sp³-hybridized carbons (Fsp3) is 0.529. The first-order valence-corrected chi connectivity index (χ1v) is 8.44. The molecule has 134 valence electrons. The standard InChI is InChI=1S/C17H22N4O4/c1-3-14-16(11(2)25-20-14)17(23)21-4-5-24-9-12(8-21)6-13-7-15(22)19-10-18-13/h7,10,12H,3-6,8-9H2,1-2H3,(H,18,19,22)/t12-/m1/s1. The van der Waals surface area contributed by atoms with Crippen molar-refractivity contribution in [3.63, 3.8) is 0 Å². The highest BCUT2D eigenvalue weighted by molar-refractivity contribution is 5.96. The minimum atomic E-state index is -0.180. The molecule has 0 aromatic carbocycles. The van der Waals surface area contributed by atoms with E-state index < -0.39 is 0 Å². The van der Waals surface area contributed by atoms with Crippen LogP contribution in [0.25, 0.3) is 0 Å². The number of hydrogen-bond donors (Lipinski definition) is 1. The van der Waals surface area contributed by atoms with Crippen LogP contribution in [0.5, 0.6) is 0 Å². The van der Waals surface area contributed by atoms with Crippen molar-refractivity contribution in [1.82, 2.24) is 20.0 Å². The lowest BCUT2D eigenvalue weighted by molar-refractivity contribution is 0.0734. The molecule has 0 spiro atoms. The highest BCUT2D eigenvalue weighted by atomic mass is 16.5. The van der Waals surface area contributed by atoms with E-state index in [-0.39, 0.29) is 17.4 Å². The number of H-pyrrole nitrogens is 1. The Hall–Kier alpha value is -2.48. The zero-order chi connectivity index (χ0) is 17.8. The Bertz CT molecular complexity index is 798. The fourth-order valence-corrected chi connectivity index (χ4v) is 3.10. The topological polar surface area (TPSA) is 101 Å². The first kappa shape index (κ1) is 17.3. The van der Waals surface area contributed by atoms with Gasteiger partial charge in [0, 0.05) is 30.8 Å². The lowest BCUT2D eigenvalue weighted by atomic mass is 10.0. The second-order valence-electron chi connectivity index (χ2n) is 6.21. The number of nitrogens with one attached hydrogen (secondary N) is 1. The normalized spacial score (nSPS) is 18.2. The molecule has 0 radical (unpaired) electrons.